The number of esters is 1. The highest BCUT2D eigenvalue weighted by atomic mass is 19.1. The van der Waals surface area contributed by atoms with Crippen molar-refractivity contribution in [1.29, 1.82) is 0 Å². The molecule has 3 aromatic carbocycles. The van der Waals surface area contributed by atoms with E-state index in [2.05, 4.69) is 10.3 Å². The molecule has 0 amide bonds. The number of carbonyl (C=O) groups excluding carboxylic acids is 1. The Morgan fingerprint density at radius 3 is 2.91 bits per heavy atom. The van der Waals surface area contributed by atoms with Gasteiger partial charge in [-0.15, -0.1) is 0 Å². The zero-order chi connectivity index (χ0) is 22.9. The number of benzene rings is 3. The summed E-state index contributed by atoms with van der Waals surface area (Å²) < 4.78 is 28.5. The number of hydrogen-bond acceptors (Lipinski definition) is 5. The molecule has 0 unspecified atom stereocenters. The Morgan fingerprint density at radius 2 is 2.06 bits per heavy atom. The van der Waals surface area contributed by atoms with E-state index in [1.165, 1.54) is 0 Å². The summed E-state index contributed by atoms with van der Waals surface area (Å²) in [5, 5.41) is 3.27. The first kappa shape index (κ1) is 21.0. The van der Waals surface area contributed by atoms with Crippen molar-refractivity contribution in [3.63, 3.8) is 0 Å². The predicted molar refractivity (Wildman–Crippen MR) is 124 cm³/mol. The maximum absolute atomic E-state index is 15.5. The van der Waals surface area contributed by atoms with E-state index in [1.807, 2.05) is 60.0 Å². The minimum atomic E-state index is -0.385. The van der Waals surface area contributed by atoms with E-state index in [1.54, 1.807) is 19.1 Å². The van der Waals surface area contributed by atoms with Crippen LogP contribution in [0.25, 0.3) is 16.7 Å². The number of nitrogens with zero attached hydrogens (tertiary/aromatic N) is 2. The quantitative estimate of drug-likeness (QED) is 0.399. The van der Waals surface area contributed by atoms with E-state index in [-0.39, 0.29) is 17.9 Å². The molecule has 168 valence electrons. The molecule has 1 aromatic heterocycles. The molecule has 0 saturated carbocycles. The Kier molecular flexibility index (Phi) is 5.46. The van der Waals surface area contributed by atoms with Crippen molar-refractivity contribution in [2.24, 2.45) is 0 Å². The van der Waals surface area contributed by atoms with Gasteiger partial charge in [-0.3, -0.25) is 9.36 Å². The van der Waals surface area contributed by atoms with E-state index >= 15 is 4.39 Å². The van der Waals surface area contributed by atoms with Crippen molar-refractivity contribution in [3.8, 4) is 11.4 Å². The number of rotatable bonds is 6. The zero-order valence-electron chi connectivity index (χ0n) is 18.5. The molecule has 1 aliphatic rings. The highest BCUT2D eigenvalue weighted by Crippen LogP contribution is 2.37. The van der Waals surface area contributed by atoms with Gasteiger partial charge in [-0.05, 0) is 37.3 Å². The fraction of sp³-hybridized carbons (Fsp3) is 0.231. The number of aryl methyl sites for hydroxylation is 1. The van der Waals surface area contributed by atoms with Crippen LogP contribution in [0.1, 0.15) is 36.4 Å². The molecule has 6 nitrogen and oxygen atoms in total. The second-order valence-electron chi connectivity index (χ2n) is 7.98. The molecule has 0 saturated heterocycles. The van der Waals surface area contributed by atoms with Crippen LogP contribution in [0.3, 0.4) is 0 Å². The standard InChI is InChI=1S/C26H24FN3O3/c1-3-25(31)33-24-15-32-23-13-18(11-12-19(23)24)28-14-17-7-6-10-22(26(17)27)30-16(2)29-20-8-4-5-9-21(20)30/h4-13,24,28H,3,14-15H2,1-2H3/t24-/m1/s1. The van der Waals surface area contributed by atoms with Gasteiger partial charge in [0.25, 0.3) is 0 Å². The van der Waals surface area contributed by atoms with Crippen LogP contribution in [0.2, 0.25) is 0 Å². The number of anilines is 1. The molecule has 0 bridgehead atoms. The van der Waals surface area contributed by atoms with Crippen LogP contribution in [-0.2, 0) is 16.1 Å². The van der Waals surface area contributed by atoms with Gasteiger partial charge in [-0.25, -0.2) is 9.37 Å². The summed E-state index contributed by atoms with van der Waals surface area (Å²) in [6.07, 6.45) is -0.0614. The molecule has 4 aromatic rings. The highest BCUT2D eigenvalue weighted by molar-refractivity contribution is 5.78. The lowest BCUT2D eigenvalue weighted by Crippen LogP contribution is -2.11. The van der Waals surface area contributed by atoms with E-state index in [4.69, 9.17) is 9.47 Å². The van der Waals surface area contributed by atoms with Gasteiger partial charge in [0.2, 0.25) is 0 Å². The first-order valence-corrected chi connectivity index (χ1v) is 11.0. The van der Waals surface area contributed by atoms with Crippen LogP contribution in [0.5, 0.6) is 5.75 Å². The SMILES string of the molecule is CCC(=O)O[C@@H]1COc2cc(NCc3cccc(-n4c(C)nc5ccccc54)c3F)ccc21. The molecule has 0 fully saturated rings. The van der Waals surface area contributed by atoms with Crippen molar-refractivity contribution >= 4 is 22.7 Å². The first-order valence-electron chi connectivity index (χ1n) is 11.0. The smallest absolute Gasteiger partial charge is 0.306 e. The molecular weight excluding hydrogens is 421 g/mol. The van der Waals surface area contributed by atoms with Gasteiger partial charge in [0.05, 0.1) is 16.7 Å². The lowest BCUT2D eigenvalue weighted by molar-refractivity contribution is -0.149. The van der Waals surface area contributed by atoms with Gasteiger partial charge in [0.1, 0.15) is 18.2 Å². The lowest BCUT2D eigenvalue weighted by Gasteiger charge is -2.13. The molecule has 1 N–H and O–H groups in total. The molecule has 2 heterocycles. The number of fused-ring (bicyclic) bond motifs is 2. The number of nitrogens with one attached hydrogen (secondary N) is 1. The van der Waals surface area contributed by atoms with E-state index in [0.717, 1.165) is 28.1 Å². The van der Waals surface area contributed by atoms with E-state index in [9.17, 15) is 4.79 Å². The molecular formula is C26H24FN3O3. The lowest BCUT2D eigenvalue weighted by atomic mass is 10.1. The number of hydrogen-bond donors (Lipinski definition) is 1. The van der Waals surface area contributed by atoms with Gasteiger partial charge in [-0.2, -0.15) is 0 Å². The molecule has 1 atom stereocenters. The Bertz CT molecular complexity index is 1350. The summed E-state index contributed by atoms with van der Waals surface area (Å²) in [5.74, 6) is 0.855. The van der Waals surface area contributed by atoms with Crippen LogP contribution in [0.15, 0.2) is 60.7 Å². The maximum Gasteiger partial charge on any atom is 0.306 e. The number of ether oxygens (including phenoxy) is 2. The number of aromatic nitrogens is 2. The van der Waals surface area contributed by atoms with Gasteiger partial charge in [0, 0.05) is 35.8 Å². The third-order valence-electron chi connectivity index (χ3n) is 5.82. The summed E-state index contributed by atoms with van der Waals surface area (Å²) >= 11 is 0. The Balaban J connectivity index is 1.36. The molecule has 5 rings (SSSR count). The van der Waals surface area contributed by atoms with Crippen molar-refractivity contribution < 1.29 is 18.7 Å². The third kappa shape index (κ3) is 3.91. The molecule has 0 aliphatic carbocycles. The molecule has 33 heavy (non-hydrogen) atoms. The fourth-order valence-corrected chi connectivity index (χ4v) is 4.15. The minimum Gasteiger partial charge on any atom is -0.489 e. The Labute approximate surface area is 191 Å². The minimum absolute atomic E-state index is 0.255. The summed E-state index contributed by atoms with van der Waals surface area (Å²) in [6, 6.07) is 18.7. The average Bonchev–Trinajstić information content (AvgIpc) is 3.38. The van der Waals surface area contributed by atoms with Gasteiger partial charge in [0.15, 0.2) is 11.9 Å². The van der Waals surface area contributed by atoms with E-state index < -0.39 is 0 Å². The van der Waals surface area contributed by atoms with Gasteiger partial charge in [-0.1, -0.05) is 31.2 Å². The first-order chi connectivity index (χ1) is 16.0. The number of halogens is 1. The summed E-state index contributed by atoms with van der Waals surface area (Å²) in [5.41, 5.74) is 4.36. The van der Waals surface area contributed by atoms with Gasteiger partial charge >= 0.3 is 5.97 Å². The molecule has 0 radical (unpaired) electrons. The molecule has 7 heteroatoms. The highest BCUT2D eigenvalue weighted by Gasteiger charge is 2.27. The van der Waals surface area contributed by atoms with Crippen LogP contribution in [-0.4, -0.2) is 22.1 Å². The largest absolute Gasteiger partial charge is 0.489 e. The summed E-state index contributed by atoms with van der Waals surface area (Å²) in [4.78, 5) is 16.2. The summed E-state index contributed by atoms with van der Waals surface area (Å²) in [6.45, 7) is 4.24. The zero-order valence-corrected chi connectivity index (χ0v) is 18.5. The topological polar surface area (TPSA) is 65.4 Å². The molecule has 1 aliphatic heterocycles. The normalized spacial score (nSPS) is 14.7. The Hall–Kier alpha value is -3.87. The fourth-order valence-electron chi connectivity index (χ4n) is 4.15. The second-order valence-corrected chi connectivity index (χ2v) is 7.98. The van der Waals surface area contributed by atoms with Crippen LogP contribution < -0.4 is 10.1 Å². The van der Waals surface area contributed by atoms with Crippen LogP contribution in [0, 0.1) is 12.7 Å². The van der Waals surface area contributed by atoms with Crippen molar-refractivity contribution in [1.82, 2.24) is 9.55 Å². The van der Waals surface area contributed by atoms with Crippen molar-refractivity contribution in [3.05, 3.63) is 83.4 Å². The van der Waals surface area contributed by atoms with E-state index in [0.29, 0.717) is 36.6 Å². The molecule has 0 spiro atoms. The van der Waals surface area contributed by atoms with Gasteiger partial charge < -0.3 is 14.8 Å². The monoisotopic (exact) mass is 445 g/mol. The predicted octanol–water partition coefficient (Wildman–Crippen LogP) is 5.47. The maximum atomic E-state index is 15.5. The number of carbonyl (C=O) groups is 1. The van der Waals surface area contributed by atoms with Crippen LogP contribution in [0.4, 0.5) is 10.1 Å². The van der Waals surface area contributed by atoms with Crippen molar-refractivity contribution in [2.45, 2.75) is 32.9 Å². The number of imidazole rings is 1. The second kappa shape index (κ2) is 8.58. The summed E-state index contributed by atoms with van der Waals surface area (Å²) in [7, 11) is 0. The Morgan fingerprint density at radius 1 is 1.21 bits per heavy atom. The van der Waals surface area contributed by atoms with Crippen LogP contribution >= 0.6 is 0 Å². The van der Waals surface area contributed by atoms with Crippen molar-refractivity contribution in [2.75, 3.05) is 11.9 Å². The number of para-hydroxylation sites is 2. The third-order valence-corrected chi connectivity index (χ3v) is 5.82. The average molecular weight is 445 g/mol.